The van der Waals surface area contributed by atoms with Gasteiger partial charge in [-0.05, 0) is 27.9 Å². The Kier molecular flexibility index (Phi) is 4.53. The summed E-state index contributed by atoms with van der Waals surface area (Å²) in [4.78, 5) is 4.47. The Morgan fingerprint density at radius 3 is 2.81 bits per heavy atom. The van der Waals surface area contributed by atoms with Crippen molar-refractivity contribution in [1.29, 1.82) is 0 Å². The third kappa shape index (κ3) is 3.26. The molecule has 3 nitrogen and oxygen atoms in total. The maximum Gasteiger partial charge on any atom is 0.170 e. The predicted octanol–water partition coefficient (Wildman–Crippen LogP) is 4.05. The van der Waals surface area contributed by atoms with Crippen molar-refractivity contribution in [2.75, 3.05) is 5.75 Å². The van der Waals surface area contributed by atoms with Gasteiger partial charge >= 0.3 is 0 Å². The van der Waals surface area contributed by atoms with Crippen molar-refractivity contribution in [3.8, 4) is 0 Å². The minimum Gasteiger partial charge on any atom is -0.323 e. The SMILES string of the molecule is CCc1nsc(SCC(N)c2cccc3ccccc23)n1. The van der Waals surface area contributed by atoms with Crippen molar-refractivity contribution in [1.82, 2.24) is 9.36 Å². The van der Waals surface area contributed by atoms with Crippen molar-refractivity contribution < 1.29 is 0 Å². The van der Waals surface area contributed by atoms with E-state index in [-0.39, 0.29) is 6.04 Å². The zero-order valence-electron chi connectivity index (χ0n) is 11.8. The van der Waals surface area contributed by atoms with Gasteiger partial charge in [-0.25, -0.2) is 4.98 Å². The van der Waals surface area contributed by atoms with E-state index < -0.39 is 0 Å². The van der Waals surface area contributed by atoms with E-state index in [0.717, 1.165) is 22.3 Å². The Balaban J connectivity index is 1.76. The van der Waals surface area contributed by atoms with E-state index in [9.17, 15) is 0 Å². The highest BCUT2D eigenvalue weighted by molar-refractivity contribution is 8.00. The average molecular weight is 315 g/mol. The summed E-state index contributed by atoms with van der Waals surface area (Å²) in [5.41, 5.74) is 7.58. The lowest BCUT2D eigenvalue weighted by atomic mass is 10.0. The molecule has 1 aromatic heterocycles. The number of rotatable bonds is 5. The van der Waals surface area contributed by atoms with E-state index in [2.05, 4.69) is 58.7 Å². The number of hydrogen-bond acceptors (Lipinski definition) is 5. The Morgan fingerprint density at radius 1 is 1.19 bits per heavy atom. The largest absolute Gasteiger partial charge is 0.323 e. The van der Waals surface area contributed by atoms with Crippen molar-refractivity contribution >= 4 is 34.1 Å². The third-order valence-electron chi connectivity index (χ3n) is 3.37. The molecule has 21 heavy (non-hydrogen) atoms. The Hall–Kier alpha value is -1.43. The first-order chi connectivity index (χ1) is 10.3. The molecule has 1 unspecified atom stereocenters. The normalized spacial score (nSPS) is 12.7. The molecule has 5 heteroatoms. The van der Waals surface area contributed by atoms with Crippen molar-refractivity contribution in [2.24, 2.45) is 5.73 Å². The molecule has 0 spiro atoms. The number of benzene rings is 2. The fraction of sp³-hybridized carbons (Fsp3) is 0.250. The van der Waals surface area contributed by atoms with Crippen molar-refractivity contribution in [2.45, 2.75) is 23.7 Å². The summed E-state index contributed by atoms with van der Waals surface area (Å²) < 4.78 is 5.31. The van der Waals surface area contributed by atoms with Gasteiger partial charge in [-0.3, -0.25) is 0 Å². The lowest BCUT2D eigenvalue weighted by Crippen LogP contribution is -2.13. The summed E-state index contributed by atoms with van der Waals surface area (Å²) in [7, 11) is 0. The smallest absolute Gasteiger partial charge is 0.170 e. The van der Waals surface area contributed by atoms with E-state index in [1.165, 1.54) is 27.9 Å². The van der Waals surface area contributed by atoms with E-state index >= 15 is 0 Å². The van der Waals surface area contributed by atoms with Crippen LogP contribution in [0.2, 0.25) is 0 Å². The van der Waals surface area contributed by atoms with Gasteiger partial charge in [0.25, 0.3) is 0 Å². The molecule has 0 aliphatic carbocycles. The van der Waals surface area contributed by atoms with Crippen LogP contribution >= 0.6 is 23.3 Å². The van der Waals surface area contributed by atoms with Crippen LogP contribution in [-0.4, -0.2) is 15.1 Å². The van der Waals surface area contributed by atoms with Gasteiger partial charge in [0.1, 0.15) is 5.82 Å². The summed E-state index contributed by atoms with van der Waals surface area (Å²) in [6.45, 7) is 2.07. The maximum atomic E-state index is 6.38. The Morgan fingerprint density at radius 2 is 2.00 bits per heavy atom. The van der Waals surface area contributed by atoms with Gasteiger partial charge in [-0.1, -0.05) is 61.2 Å². The molecular formula is C16H17N3S2. The summed E-state index contributed by atoms with van der Waals surface area (Å²) in [6.07, 6.45) is 0.881. The summed E-state index contributed by atoms with van der Waals surface area (Å²) in [5, 5.41) is 2.47. The third-order valence-corrected chi connectivity index (χ3v) is 5.37. The molecule has 0 fully saturated rings. The number of aromatic nitrogens is 2. The van der Waals surface area contributed by atoms with Crippen LogP contribution in [0.3, 0.4) is 0 Å². The highest BCUT2D eigenvalue weighted by Gasteiger charge is 2.12. The number of aryl methyl sites for hydroxylation is 1. The van der Waals surface area contributed by atoms with Crippen LogP contribution in [0.5, 0.6) is 0 Å². The second kappa shape index (κ2) is 6.56. The first-order valence-corrected chi connectivity index (χ1v) is 8.72. The van der Waals surface area contributed by atoms with Gasteiger partial charge in [0.15, 0.2) is 4.34 Å². The molecular weight excluding hydrogens is 298 g/mol. The van der Waals surface area contributed by atoms with Gasteiger partial charge in [-0.15, -0.1) is 0 Å². The van der Waals surface area contributed by atoms with E-state index in [1.807, 2.05) is 0 Å². The number of hydrogen-bond donors (Lipinski definition) is 1. The molecule has 0 saturated carbocycles. The molecule has 0 radical (unpaired) electrons. The van der Waals surface area contributed by atoms with Crippen LogP contribution in [0, 0.1) is 0 Å². The van der Waals surface area contributed by atoms with Gasteiger partial charge < -0.3 is 5.73 Å². The number of nitrogens with zero attached hydrogens (tertiary/aromatic N) is 2. The Labute approximate surface area is 132 Å². The molecule has 0 saturated heterocycles. The first-order valence-electron chi connectivity index (χ1n) is 6.96. The lowest BCUT2D eigenvalue weighted by Gasteiger charge is -2.13. The van der Waals surface area contributed by atoms with Crippen LogP contribution in [0.15, 0.2) is 46.8 Å². The first kappa shape index (κ1) is 14.5. The molecule has 3 rings (SSSR count). The number of fused-ring (bicyclic) bond motifs is 1. The highest BCUT2D eigenvalue weighted by Crippen LogP contribution is 2.28. The monoisotopic (exact) mass is 315 g/mol. The topological polar surface area (TPSA) is 51.8 Å². The van der Waals surface area contributed by atoms with Gasteiger partial charge in [0, 0.05) is 18.2 Å². The van der Waals surface area contributed by atoms with Crippen molar-refractivity contribution in [3.63, 3.8) is 0 Å². The molecule has 3 aromatic rings. The maximum absolute atomic E-state index is 6.38. The highest BCUT2D eigenvalue weighted by atomic mass is 32.2. The summed E-state index contributed by atoms with van der Waals surface area (Å²) >= 11 is 3.15. The molecule has 2 N–H and O–H groups in total. The number of nitrogens with two attached hydrogens (primary N) is 1. The van der Waals surface area contributed by atoms with Crippen molar-refractivity contribution in [3.05, 3.63) is 53.9 Å². The van der Waals surface area contributed by atoms with Gasteiger partial charge in [0.05, 0.1) is 0 Å². The van der Waals surface area contributed by atoms with Crippen LogP contribution < -0.4 is 5.73 Å². The molecule has 108 valence electrons. The van der Waals surface area contributed by atoms with E-state index in [4.69, 9.17) is 5.73 Å². The summed E-state index contributed by atoms with van der Waals surface area (Å²) in [5.74, 6) is 1.73. The molecule has 0 amide bonds. The van der Waals surface area contributed by atoms with Gasteiger partial charge in [-0.2, -0.15) is 4.37 Å². The van der Waals surface area contributed by atoms with E-state index in [0.29, 0.717) is 0 Å². The minimum atomic E-state index is -0.00456. The number of thioether (sulfide) groups is 1. The fourth-order valence-electron chi connectivity index (χ4n) is 2.26. The van der Waals surface area contributed by atoms with Crippen LogP contribution in [-0.2, 0) is 6.42 Å². The Bertz CT molecular complexity index is 734. The quantitative estimate of drug-likeness (QED) is 0.722. The molecule has 0 bridgehead atoms. The molecule has 0 aliphatic heterocycles. The second-order valence-electron chi connectivity index (χ2n) is 4.82. The van der Waals surface area contributed by atoms with Crippen LogP contribution in [0.1, 0.15) is 24.4 Å². The molecule has 2 aromatic carbocycles. The van der Waals surface area contributed by atoms with E-state index in [1.54, 1.807) is 11.8 Å². The zero-order valence-corrected chi connectivity index (χ0v) is 13.5. The van der Waals surface area contributed by atoms with Crippen LogP contribution in [0.25, 0.3) is 10.8 Å². The average Bonchev–Trinajstić information content (AvgIpc) is 3.00. The standard InChI is InChI=1S/C16H17N3S2/c1-2-15-18-16(21-19-15)20-10-14(17)13-9-5-7-11-6-3-4-8-12(11)13/h3-9,14H,2,10,17H2,1H3. The zero-order chi connectivity index (χ0) is 14.7. The fourth-order valence-corrected chi connectivity index (χ4v) is 3.96. The molecule has 1 atom stereocenters. The van der Waals surface area contributed by atoms with Gasteiger partial charge in [0.2, 0.25) is 0 Å². The van der Waals surface area contributed by atoms with Crippen LogP contribution in [0.4, 0.5) is 0 Å². The second-order valence-corrected chi connectivity index (χ2v) is 6.83. The molecule has 0 aliphatic rings. The minimum absolute atomic E-state index is 0.00456. The lowest BCUT2D eigenvalue weighted by molar-refractivity contribution is 0.839. The predicted molar refractivity (Wildman–Crippen MR) is 90.9 cm³/mol. The summed E-state index contributed by atoms with van der Waals surface area (Å²) in [6, 6.07) is 14.7. The molecule has 1 heterocycles.